The number of rotatable bonds is 5. The molecular weight excluding hydrogens is 436 g/mol. The SMILES string of the molecule is CCC(C[Si]C)c1cc(N)c(-c2ccc3c(c2)SC(C)C2Cc4ccc(C)cc4C=C32)cn1. The van der Waals surface area contributed by atoms with Gasteiger partial charge in [0, 0.05) is 48.7 Å². The van der Waals surface area contributed by atoms with Crippen molar-refractivity contribution in [2.45, 2.75) is 62.3 Å². The van der Waals surface area contributed by atoms with Gasteiger partial charge in [0.25, 0.3) is 0 Å². The van der Waals surface area contributed by atoms with E-state index in [2.05, 4.69) is 75.9 Å². The number of aromatic nitrogens is 1. The van der Waals surface area contributed by atoms with Crippen molar-refractivity contribution < 1.29 is 0 Å². The first kappa shape index (κ1) is 22.5. The largest absolute Gasteiger partial charge is 0.398 e. The molecule has 0 bridgehead atoms. The van der Waals surface area contributed by atoms with Crippen molar-refractivity contribution in [2.75, 3.05) is 5.73 Å². The second-order valence-electron chi connectivity index (χ2n) is 9.51. The Bertz CT molecular complexity index is 1230. The third kappa shape index (κ3) is 4.19. The molecule has 3 atom stereocenters. The van der Waals surface area contributed by atoms with E-state index in [1.165, 1.54) is 44.3 Å². The van der Waals surface area contributed by atoms with Crippen LogP contribution in [-0.4, -0.2) is 19.8 Å². The summed E-state index contributed by atoms with van der Waals surface area (Å²) in [7, 11) is 0.937. The minimum atomic E-state index is 0.506. The lowest BCUT2D eigenvalue weighted by molar-refractivity contribution is 0.645. The van der Waals surface area contributed by atoms with Crippen LogP contribution < -0.4 is 5.73 Å². The van der Waals surface area contributed by atoms with Gasteiger partial charge in [-0.2, -0.15) is 0 Å². The van der Waals surface area contributed by atoms with E-state index < -0.39 is 0 Å². The number of allylic oxidation sites excluding steroid dienone is 1. The number of fused-ring (bicyclic) bond motifs is 4. The number of thioether (sulfide) groups is 1. The summed E-state index contributed by atoms with van der Waals surface area (Å²) in [6.45, 7) is 9.06. The maximum Gasteiger partial charge on any atom is 0.0452 e. The van der Waals surface area contributed by atoms with Crippen LogP contribution in [0.25, 0.3) is 22.8 Å². The fraction of sp³-hybridized carbons (Fsp3) is 0.345. The maximum absolute atomic E-state index is 6.56. The first-order valence-corrected chi connectivity index (χ1v) is 14.6. The normalized spacial score (nSPS) is 19.8. The number of benzene rings is 2. The quantitative estimate of drug-likeness (QED) is 0.394. The van der Waals surface area contributed by atoms with E-state index in [-0.39, 0.29) is 0 Å². The van der Waals surface area contributed by atoms with Crippen molar-refractivity contribution in [1.29, 1.82) is 0 Å². The van der Waals surface area contributed by atoms with Crippen LogP contribution in [0.1, 0.15) is 54.1 Å². The lowest BCUT2D eigenvalue weighted by Crippen LogP contribution is -2.25. The van der Waals surface area contributed by atoms with E-state index in [0.29, 0.717) is 17.1 Å². The molecule has 0 amide bonds. The van der Waals surface area contributed by atoms with Gasteiger partial charge in [0.15, 0.2) is 0 Å². The van der Waals surface area contributed by atoms with Gasteiger partial charge in [-0.05, 0) is 65.6 Å². The first-order valence-electron chi connectivity index (χ1n) is 12.0. The summed E-state index contributed by atoms with van der Waals surface area (Å²) in [5.41, 5.74) is 17.8. The molecule has 1 aromatic heterocycles. The molecule has 2 radical (unpaired) electrons. The molecule has 0 fully saturated rings. The highest BCUT2D eigenvalue weighted by atomic mass is 32.2. The van der Waals surface area contributed by atoms with Gasteiger partial charge in [-0.15, -0.1) is 11.8 Å². The lowest BCUT2D eigenvalue weighted by Gasteiger charge is -2.36. The molecule has 2 aromatic carbocycles. The molecule has 1 aliphatic carbocycles. The fourth-order valence-electron chi connectivity index (χ4n) is 5.32. The number of hydrogen-bond donors (Lipinski definition) is 1. The second-order valence-corrected chi connectivity index (χ2v) is 12.0. The topological polar surface area (TPSA) is 38.9 Å². The number of nitrogens with zero attached hydrogens (tertiary/aromatic N) is 1. The van der Waals surface area contributed by atoms with Crippen molar-refractivity contribution in [3.8, 4) is 11.1 Å². The third-order valence-corrected chi connectivity index (χ3v) is 9.45. The number of nitrogen functional groups attached to an aromatic ring is 1. The molecule has 33 heavy (non-hydrogen) atoms. The van der Waals surface area contributed by atoms with Gasteiger partial charge in [-0.25, -0.2) is 0 Å². The lowest BCUT2D eigenvalue weighted by atomic mass is 9.78. The number of anilines is 1. The zero-order valence-corrected chi connectivity index (χ0v) is 21.8. The Hall–Kier alpha value is -2.30. The summed E-state index contributed by atoms with van der Waals surface area (Å²) in [5.74, 6) is 1.08. The van der Waals surface area contributed by atoms with Crippen molar-refractivity contribution >= 4 is 38.6 Å². The molecule has 0 saturated heterocycles. The highest BCUT2D eigenvalue weighted by Crippen LogP contribution is 2.50. The highest BCUT2D eigenvalue weighted by Gasteiger charge is 2.33. The van der Waals surface area contributed by atoms with Crippen LogP contribution in [0.3, 0.4) is 0 Å². The molecule has 5 rings (SSSR count). The minimum absolute atomic E-state index is 0.506. The van der Waals surface area contributed by atoms with Crippen LogP contribution in [0.4, 0.5) is 5.69 Å². The summed E-state index contributed by atoms with van der Waals surface area (Å²) in [6.07, 6.45) is 6.67. The Labute approximate surface area is 204 Å². The molecule has 2 N–H and O–H groups in total. The van der Waals surface area contributed by atoms with Crippen LogP contribution in [0.2, 0.25) is 12.6 Å². The van der Waals surface area contributed by atoms with E-state index >= 15 is 0 Å². The smallest absolute Gasteiger partial charge is 0.0452 e. The fourth-order valence-corrected chi connectivity index (χ4v) is 7.62. The highest BCUT2D eigenvalue weighted by molar-refractivity contribution is 8.00. The van der Waals surface area contributed by atoms with E-state index in [4.69, 9.17) is 10.7 Å². The van der Waals surface area contributed by atoms with E-state index in [1.807, 2.05) is 18.0 Å². The summed E-state index contributed by atoms with van der Waals surface area (Å²) >= 11 is 2.01. The molecule has 0 saturated carbocycles. The van der Waals surface area contributed by atoms with Crippen LogP contribution in [0.5, 0.6) is 0 Å². The molecular formula is C29H32N2SSi. The summed E-state index contributed by atoms with van der Waals surface area (Å²) < 4.78 is 0. The van der Waals surface area contributed by atoms with Gasteiger partial charge in [0.1, 0.15) is 0 Å². The monoisotopic (exact) mass is 468 g/mol. The number of pyridine rings is 1. The molecule has 2 nitrogen and oxygen atoms in total. The van der Waals surface area contributed by atoms with Gasteiger partial charge in [0.2, 0.25) is 0 Å². The number of hydrogen-bond acceptors (Lipinski definition) is 3. The zero-order valence-electron chi connectivity index (χ0n) is 20.0. The van der Waals surface area contributed by atoms with Crippen molar-refractivity contribution in [2.24, 2.45) is 5.92 Å². The molecule has 4 heteroatoms. The van der Waals surface area contributed by atoms with Gasteiger partial charge in [-0.1, -0.05) is 68.4 Å². The molecule has 0 spiro atoms. The van der Waals surface area contributed by atoms with E-state index in [9.17, 15) is 0 Å². The van der Waals surface area contributed by atoms with Crippen LogP contribution in [0, 0.1) is 12.8 Å². The Morgan fingerprint density at radius 1 is 1.15 bits per heavy atom. The Morgan fingerprint density at radius 2 is 2.00 bits per heavy atom. The predicted octanol–water partition coefficient (Wildman–Crippen LogP) is 7.51. The van der Waals surface area contributed by atoms with E-state index in [0.717, 1.165) is 39.3 Å². The van der Waals surface area contributed by atoms with Crippen molar-refractivity contribution in [1.82, 2.24) is 4.98 Å². The third-order valence-electron chi connectivity index (χ3n) is 7.25. The first-order chi connectivity index (χ1) is 16.0. The van der Waals surface area contributed by atoms with Gasteiger partial charge in [0.05, 0.1) is 0 Å². The summed E-state index contributed by atoms with van der Waals surface area (Å²) in [5, 5.41) is 0.548. The van der Waals surface area contributed by atoms with Gasteiger partial charge < -0.3 is 5.73 Å². The Morgan fingerprint density at radius 3 is 2.76 bits per heavy atom. The zero-order chi connectivity index (χ0) is 23.1. The number of nitrogens with two attached hydrogens (primary N) is 1. The minimum Gasteiger partial charge on any atom is -0.398 e. The van der Waals surface area contributed by atoms with Gasteiger partial charge >= 0.3 is 0 Å². The summed E-state index contributed by atoms with van der Waals surface area (Å²) in [6, 6.07) is 17.1. The Kier molecular flexibility index (Phi) is 6.24. The molecule has 1 aliphatic heterocycles. The van der Waals surface area contributed by atoms with Crippen molar-refractivity contribution in [3.05, 3.63) is 76.6 Å². The van der Waals surface area contributed by atoms with E-state index in [1.54, 1.807) is 0 Å². The molecule has 2 aliphatic rings. The molecule has 168 valence electrons. The Balaban J connectivity index is 1.52. The van der Waals surface area contributed by atoms with Crippen LogP contribution in [-0.2, 0) is 6.42 Å². The molecule has 3 aromatic rings. The predicted molar refractivity (Wildman–Crippen MR) is 145 cm³/mol. The van der Waals surface area contributed by atoms with Crippen molar-refractivity contribution in [3.63, 3.8) is 0 Å². The standard InChI is InChI=1S/C29H32N2SSi/c1-5-19(16-33-4)28-14-27(30)26(15-31-28)21-8-9-23-25-12-22-10-17(2)6-7-20(22)11-24(25)18(3)32-29(23)13-21/h6-10,12-15,18-19,24H,5,11,16H2,1-4H3,(H2,30,31). The second kappa shape index (κ2) is 9.15. The maximum atomic E-state index is 6.56. The van der Waals surface area contributed by atoms with Crippen LogP contribution >= 0.6 is 11.8 Å². The average Bonchev–Trinajstić information content (AvgIpc) is 2.81. The number of aryl methyl sites for hydroxylation is 1. The van der Waals surface area contributed by atoms with Gasteiger partial charge in [-0.3, -0.25) is 4.98 Å². The average molecular weight is 469 g/mol. The molecule has 2 heterocycles. The van der Waals surface area contributed by atoms with Crippen LogP contribution in [0.15, 0.2) is 53.6 Å². The summed E-state index contributed by atoms with van der Waals surface area (Å²) in [4.78, 5) is 6.20. The molecule has 3 unspecified atom stereocenters.